The summed E-state index contributed by atoms with van der Waals surface area (Å²) in [6.45, 7) is 0.0706. The van der Waals surface area contributed by atoms with E-state index in [1.165, 1.54) is 16.8 Å². The molecule has 0 saturated carbocycles. The van der Waals surface area contributed by atoms with Crippen LogP contribution in [0, 0.1) is 5.82 Å². The van der Waals surface area contributed by atoms with Gasteiger partial charge in [-0.15, -0.1) is 0 Å². The van der Waals surface area contributed by atoms with Gasteiger partial charge in [-0.1, -0.05) is 41.9 Å². The number of anilines is 1. The molecule has 174 valence electrons. The van der Waals surface area contributed by atoms with E-state index >= 15 is 0 Å². The number of hydrogen-bond acceptors (Lipinski definition) is 4. The van der Waals surface area contributed by atoms with E-state index in [0.29, 0.717) is 39.0 Å². The third-order valence-corrected chi connectivity index (χ3v) is 6.01. The molecule has 0 saturated heterocycles. The fourth-order valence-corrected chi connectivity index (χ4v) is 3.96. The monoisotopic (exact) mass is 486 g/mol. The Morgan fingerprint density at radius 2 is 1.80 bits per heavy atom. The predicted octanol–water partition coefficient (Wildman–Crippen LogP) is 6.26. The summed E-state index contributed by atoms with van der Waals surface area (Å²) < 4.78 is 21.0. The molecule has 0 aliphatic heterocycles. The number of aryl methyl sites for hydroxylation is 1. The lowest BCUT2D eigenvalue weighted by Crippen LogP contribution is -2.14. The Balaban J connectivity index is 1.38. The lowest BCUT2D eigenvalue weighted by molar-refractivity contribution is 0.102. The molecule has 2 heterocycles. The van der Waals surface area contributed by atoms with Crippen molar-refractivity contribution in [2.45, 2.75) is 6.61 Å². The average molecular weight is 487 g/mol. The molecule has 0 radical (unpaired) electrons. The van der Waals surface area contributed by atoms with Crippen LogP contribution in [0.2, 0.25) is 5.15 Å². The number of nitrogens with one attached hydrogen (secondary N) is 1. The largest absolute Gasteiger partial charge is 0.488 e. The lowest BCUT2D eigenvalue weighted by Gasteiger charge is -2.12. The summed E-state index contributed by atoms with van der Waals surface area (Å²) in [7, 11) is 1.72. The maximum Gasteiger partial charge on any atom is 0.259 e. The molecule has 1 N–H and O–H groups in total. The molecule has 0 unspecified atom stereocenters. The molecule has 5 aromatic rings. The van der Waals surface area contributed by atoms with Crippen LogP contribution < -0.4 is 10.1 Å². The van der Waals surface area contributed by atoms with E-state index < -0.39 is 0 Å². The highest BCUT2D eigenvalue weighted by molar-refractivity contribution is 6.30. The van der Waals surface area contributed by atoms with Crippen LogP contribution in [0.3, 0.4) is 0 Å². The first kappa shape index (κ1) is 22.6. The molecule has 0 atom stereocenters. The van der Waals surface area contributed by atoms with Gasteiger partial charge in [-0.25, -0.2) is 4.39 Å². The van der Waals surface area contributed by atoms with Crippen molar-refractivity contribution in [1.29, 1.82) is 0 Å². The zero-order chi connectivity index (χ0) is 24.4. The number of carbonyl (C=O) groups is 1. The maximum atomic E-state index is 13.4. The Hall–Kier alpha value is -4.23. The number of halogens is 2. The minimum Gasteiger partial charge on any atom is -0.488 e. The molecule has 3 aromatic carbocycles. The van der Waals surface area contributed by atoms with Gasteiger partial charge in [-0.3, -0.25) is 14.5 Å². The van der Waals surface area contributed by atoms with Gasteiger partial charge in [0.25, 0.3) is 5.91 Å². The second-order valence-electron chi connectivity index (χ2n) is 7.90. The number of benzene rings is 3. The molecule has 0 fully saturated rings. The zero-order valence-corrected chi connectivity index (χ0v) is 19.5. The highest BCUT2D eigenvalue weighted by atomic mass is 35.5. The van der Waals surface area contributed by atoms with Crippen LogP contribution in [0.25, 0.3) is 22.2 Å². The number of nitrogens with zero attached hydrogens (tertiary/aromatic N) is 3. The van der Waals surface area contributed by atoms with Crippen molar-refractivity contribution >= 4 is 34.1 Å². The van der Waals surface area contributed by atoms with Gasteiger partial charge in [0.1, 0.15) is 29.0 Å². The Labute approximate surface area is 205 Å². The summed E-state index contributed by atoms with van der Waals surface area (Å²) in [4.78, 5) is 17.5. The SMILES string of the molecule is Cn1nc(-c2ccc(F)cc2)c(COc2ccccc2C(=O)Nc2cnc3ccccc3c2)c1Cl. The number of carbonyl (C=O) groups excluding carboxylic acids is 1. The highest BCUT2D eigenvalue weighted by Gasteiger charge is 2.19. The van der Waals surface area contributed by atoms with Gasteiger partial charge in [-0.05, 0) is 48.5 Å². The van der Waals surface area contributed by atoms with Gasteiger partial charge in [0.2, 0.25) is 0 Å². The van der Waals surface area contributed by atoms with Gasteiger partial charge in [-0.2, -0.15) is 5.10 Å². The Morgan fingerprint density at radius 1 is 1.06 bits per heavy atom. The first-order valence-corrected chi connectivity index (χ1v) is 11.2. The van der Waals surface area contributed by atoms with Crippen molar-refractivity contribution < 1.29 is 13.9 Å². The van der Waals surface area contributed by atoms with Gasteiger partial charge in [0, 0.05) is 18.0 Å². The summed E-state index contributed by atoms with van der Waals surface area (Å²) in [5, 5.41) is 8.67. The summed E-state index contributed by atoms with van der Waals surface area (Å²) >= 11 is 6.48. The Bertz CT molecular complexity index is 1530. The molecule has 0 bridgehead atoms. The standard InChI is InChI=1S/C27H20ClFN4O2/c1-33-26(28)22(25(32-33)17-10-12-19(29)13-11-17)16-35-24-9-5-3-7-21(24)27(34)31-20-14-18-6-2-4-8-23(18)30-15-20/h2-15H,16H2,1H3,(H,31,34). The third-order valence-electron chi connectivity index (χ3n) is 5.54. The van der Waals surface area contributed by atoms with E-state index in [-0.39, 0.29) is 18.3 Å². The van der Waals surface area contributed by atoms with Crippen LogP contribution in [-0.2, 0) is 13.7 Å². The molecule has 6 nitrogen and oxygen atoms in total. The summed E-state index contributed by atoms with van der Waals surface area (Å²) in [5.41, 5.74) is 3.72. The summed E-state index contributed by atoms with van der Waals surface area (Å²) in [6, 6.07) is 22.5. The molecule has 0 spiro atoms. The second-order valence-corrected chi connectivity index (χ2v) is 8.26. The van der Waals surface area contributed by atoms with E-state index in [1.54, 1.807) is 49.6 Å². The van der Waals surface area contributed by atoms with Gasteiger partial charge >= 0.3 is 0 Å². The Kier molecular flexibility index (Phi) is 6.16. The fraction of sp³-hybridized carbons (Fsp3) is 0.0741. The van der Waals surface area contributed by atoms with Crippen molar-refractivity contribution in [2.75, 3.05) is 5.32 Å². The summed E-state index contributed by atoms with van der Waals surface area (Å²) in [5.74, 6) is -0.271. The van der Waals surface area contributed by atoms with Crippen LogP contribution in [-0.4, -0.2) is 20.7 Å². The third kappa shape index (κ3) is 4.72. The zero-order valence-electron chi connectivity index (χ0n) is 18.7. The van der Waals surface area contributed by atoms with Crippen LogP contribution in [0.15, 0.2) is 85.1 Å². The first-order valence-electron chi connectivity index (χ1n) is 10.8. The number of amides is 1. The van der Waals surface area contributed by atoms with Crippen molar-refractivity contribution in [3.05, 3.63) is 107 Å². The summed E-state index contributed by atoms with van der Waals surface area (Å²) in [6.07, 6.45) is 1.62. The number of hydrogen-bond donors (Lipinski definition) is 1. The number of fused-ring (bicyclic) bond motifs is 1. The van der Waals surface area contributed by atoms with Crippen molar-refractivity contribution in [3.8, 4) is 17.0 Å². The highest BCUT2D eigenvalue weighted by Crippen LogP contribution is 2.30. The van der Waals surface area contributed by atoms with E-state index in [2.05, 4.69) is 15.4 Å². The van der Waals surface area contributed by atoms with Crippen molar-refractivity contribution in [1.82, 2.24) is 14.8 Å². The molecule has 0 aliphatic rings. The molecule has 8 heteroatoms. The number of ether oxygens (including phenoxy) is 1. The van der Waals surface area contributed by atoms with E-state index in [0.717, 1.165) is 10.9 Å². The van der Waals surface area contributed by atoms with Gasteiger partial charge < -0.3 is 10.1 Å². The van der Waals surface area contributed by atoms with Crippen molar-refractivity contribution in [2.24, 2.45) is 7.05 Å². The number of aromatic nitrogens is 3. The van der Waals surface area contributed by atoms with Gasteiger partial charge in [0.15, 0.2) is 0 Å². The molecule has 1 amide bonds. The van der Waals surface area contributed by atoms with Crippen LogP contribution in [0.1, 0.15) is 15.9 Å². The minimum absolute atomic E-state index is 0.0706. The Morgan fingerprint density at radius 3 is 2.63 bits per heavy atom. The number of rotatable bonds is 6. The van der Waals surface area contributed by atoms with E-state index in [4.69, 9.17) is 16.3 Å². The molecular formula is C27H20ClFN4O2. The van der Waals surface area contributed by atoms with Crippen LogP contribution in [0.5, 0.6) is 5.75 Å². The fourth-order valence-electron chi connectivity index (χ4n) is 3.78. The molecule has 0 aliphatic carbocycles. The molecule has 35 heavy (non-hydrogen) atoms. The normalized spacial score (nSPS) is 10.9. The van der Waals surface area contributed by atoms with E-state index in [9.17, 15) is 9.18 Å². The number of para-hydroxylation sites is 2. The van der Waals surface area contributed by atoms with Gasteiger partial charge in [0.05, 0.1) is 28.5 Å². The van der Waals surface area contributed by atoms with Crippen molar-refractivity contribution in [3.63, 3.8) is 0 Å². The van der Waals surface area contributed by atoms with Crippen LogP contribution >= 0.6 is 11.6 Å². The average Bonchev–Trinajstić information content (AvgIpc) is 3.16. The topological polar surface area (TPSA) is 69.0 Å². The first-order chi connectivity index (χ1) is 17.0. The molecular weight excluding hydrogens is 467 g/mol. The molecule has 2 aromatic heterocycles. The predicted molar refractivity (Wildman–Crippen MR) is 134 cm³/mol. The smallest absolute Gasteiger partial charge is 0.259 e. The maximum absolute atomic E-state index is 13.4. The number of pyridine rings is 1. The molecule has 5 rings (SSSR count). The quantitative estimate of drug-likeness (QED) is 0.307. The second kappa shape index (κ2) is 9.56. The lowest BCUT2D eigenvalue weighted by atomic mass is 10.1. The minimum atomic E-state index is -0.338. The van der Waals surface area contributed by atoms with E-state index in [1.807, 2.05) is 30.3 Å². The van der Waals surface area contributed by atoms with Crippen LogP contribution in [0.4, 0.5) is 10.1 Å².